The van der Waals surface area contributed by atoms with Gasteiger partial charge in [-0.2, -0.15) is 10.4 Å². The summed E-state index contributed by atoms with van der Waals surface area (Å²) in [5.74, 6) is 0.903. The van der Waals surface area contributed by atoms with Crippen LogP contribution in [-0.2, 0) is 16.4 Å². The minimum atomic E-state index is -3.30. The van der Waals surface area contributed by atoms with Crippen LogP contribution in [0.3, 0.4) is 0 Å². The van der Waals surface area contributed by atoms with E-state index in [-0.39, 0.29) is 16.9 Å². The minimum Gasteiger partial charge on any atom is -0.472 e. The molecule has 0 bridgehead atoms. The SMILES string of the molecule is CS(=O)(=O)c1ccc(Nc2nn([C@@H]3CCC4(CC4)C[C@H]3C#N)c3ccnc(OCc4ccccc4)c23)cc1. The second-order valence-electron chi connectivity index (χ2n) is 10.5. The maximum Gasteiger partial charge on any atom is 0.227 e. The molecule has 38 heavy (non-hydrogen) atoms. The largest absolute Gasteiger partial charge is 0.472 e. The number of hydrogen-bond acceptors (Lipinski definition) is 7. The number of aromatic nitrogens is 3. The van der Waals surface area contributed by atoms with Gasteiger partial charge >= 0.3 is 0 Å². The Bertz CT molecular complexity index is 1620. The molecular weight excluding hydrogens is 498 g/mol. The monoisotopic (exact) mass is 527 g/mol. The molecule has 0 saturated heterocycles. The maximum absolute atomic E-state index is 11.9. The molecule has 1 spiro atoms. The van der Waals surface area contributed by atoms with Gasteiger partial charge in [-0.3, -0.25) is 4.68 Å². The zero-order chi connectivity index (χ0) is 26.3. The van der Waals surface area contributed by atoms with E-state index in [0.29, 0.717) is 29.4 Å². The van der Waals surface area contributed by atoms with Gasteiger partial charge in [0.15, 0.2) is 15.7 Å². The van der Waals surface area contributed by atoms with Gasteiger partial charge in [-0.1, -0.05) is 30.3 Å². The van der Waals surface area contributed by atoms with E-state index < -0.39 is 9.84 Å². The molecule has 2 heterocycles. The number of pyridine rings is 1. The number of anilines is 2. The van der Waals surface area contributed by atoms with E-state index in [1.165, 1.54) is 19.1 Å². The second kappa shape index (κ2) is 9.44. The van der Waals surface area contributed by atoms with Gasteiger partial charge in [0.25, 0.3) is 0 Å². The molecule has 8 nitrogen and oxygen atoms in total. The molecule has 2 aromatic heterocycles. The molecule has 0 amide bonds. The summed E-state index contributed by atoms with van der Waals surface area (Å²) in [5, 5.41) is 19.1. The van der Waals surface area contributed by atoms with Crippen LogP contribution < -0.4 is 10.1 Å². The number of ether oxygens (including phenoxy) is 1. The highest BCUT2D eigenvalue weighted by molar-refractivity contribution is 7.90. The van der Waals surface area contributed by atoms with Crippen LogP contribution in [0.2, 0.25) is 0 Å². The number of benzene rings is 2. The van der Waals surface area contributed by atoms with Gasteiger partial charge < -0.3 is 10.1 Å². The second-order valence-corrected chi connectivity index (χ2v) is 12.6. The lowest BCUT2D eigenvalue weighted by Crippen LogP contribution is -2.28. The fourth-order valence-corrected chi connectivity index (χ4v) is 6.20. The van der Waals surface area contributed by atoms with Crippen molar-refractivity contribution in [2.24, 2.45) is 11.3 Å². The molecule has 2 saturated carbocycles. The van der Waals surface area contributed by atoms with Crippen LogP contribution >= 0.6 is 0 Å². The lowest BCUT2D eigenvalue weighted by Gasteiger charge is -2.33. The van der Waals surface area contributed by atoms with Crippen LogP contribution in [0.5, 0.6) is 5.88 Å². The number of sulfone groups is 1. The lowest BCUT2D eigenvalue weighted by molar-refractivity contribution is 0.200. The normalized spacial score (nSPS) is 20.2. The lowest BCUT2D eigenvalue weighted by atomic mass is 9.76. The number of fused-ring (bicyclic) bond motifs is 1. The minimum absolute atomic E-state index is 0.0405. The first-order valence-corrected chi connectivity index (χ1v) is 14.8. The van der Waals surface area contributed by atoms with Crippen molar-refractivity contribution in [1.82, 2.24) is 14.8 Å². The van der Waals surface area contributed by atoms with Crippen molar-refractivity contribution in [3.8, 4) is 11.9 Å². The number of nitrogens with one attached hydrogen (secondary N) is 1. The Labute approximate surface area is 222 Å². The summed E-state index contributed by atoms with van der Waals surface area (Å²) in [5.41, 5.74) is 2.93. The van der Waals surface area contributed by atoms with Crippen molar-refractivity contribution in [2.75, 3.05) is 11.6 Å². The molecule has 4 aromatic rings. The molecule has 9 heteroatoms. The van der Waals surface area contributed by atoms with Crippen LogP contribution in [0.1, 0.15) is 43.7 Å². The van der Waals surface area contributed by atoms with Gasteiger partial charge in [0.1, 0.15) is 12.0 Å². The van der Waals surface area contributed by atoms with E-state index in [2.05, 4.69) is 16.4 Å². The summed E-state index contributed by atoms with van der Waals surface area (Å²) in [6, 6.07) is 20.9. The third-order valence-electron chi connectivity index (χ3n) is 7.87. The Morgan fingerprint density at radius 1 is 1.11 bits per heavy atom. The summed E-state index contributed by atoms with van der Waals surface area (Å²) in [7, 11) is -3.30. The number of nitrogens with zero attached hydrogens (tertiary/aromatic N) is 4. The molecule has 0 unspecified atom stereocenters. The zero-order valence-electron chi connectivity index (χ0n) is 21.2. The highest BCUT2D eigenvalue weighted by atomic mass is 32.2. The van der Waals surface area contributed by atoms with Gasteiger partial charge in [0, 0.05) is 18.1 Å². The van der Waals surface area contributed by atoms with Crippen LogP contribution in [0.25, 0.3) is 10.9 Å². The molecule has 2 aliphatic rings. The smallest absolute Gasteiger partial charge is 0.227 e. The van der Waals surface area contributed by atoms with Gasteiger partial charge in [-0.05, 0) is 73.4 Å². The van der Waals surface area contributed by atoms with Crippen molar-refractivity contribution < 1.29 is 13.2 Å². The third kappa shape index (κ3) is 4.72. The maximum atomic E-state index is 11.9. The Hall–Kier alpha value is -3.90. The van der Waals surface area contributed by atoms with E-state index in [9.17, 15) is 13.7 Å². The Morgan fingerprint density at radius 3 is 2.55 bits per heavy atom. The predicted octanol–water partition coefficient (Wildman–Crippen LogP) is 5.80. The van der Waals surface area contributed by atoms with E-state index in [4.69, 9.17) is 9.84 Å². The quantitative estimate of drug-likeness (QED) is 0.323. The predicted molar refractivity (Wildman–Crippen MR) is 145 cm³/mol. The van der Waals surface area contributed by atoms with E-state index >= 15 is 0 Å². The van der Waals surface area contributed by atoms with Gasteiger partial charge in [-0.25, -0.2) is 13.4 Å². The summed E-state index contributed by atoms with van der Waals surface area (Å²) in [6.07, 6.45) is 8.26. The highest BCUT2D eigenvalue weighted by Crippen LogP contribution is 2.59. The standard InChI is InChI=1S/C29H29N5O3S/c1-38(35,36)23-9-7-22(8-10-23)32-27-26-25(12-16-31-28(26)37-19-20-5-3-2-4-6-20)34(33-27)24-11-13-29(14-15-29)17-21(24)18-30/h2-10,12,16,21,24H,11,13-15,17,19H2,1H3,(H,32,33)/t21-,24+/m0/s1. The summed E-state index contributed by atoms with van der Waals surface area (Å²) in [4.78, 5) is 4.79. The average molecular weight is 528 g/mol. The van der Waals surface area contributed by atoms with Gasteiger partial charge in [0.2, 0.25) is 5.88 Å². The van der Waals surface area contributed by atoms with Crippen molar-refractivity contribution in [2.45, 2.75) is 49.6 Å². The first-order valence-electron chi connectivity index (χ1n) is 12.9. The average Bonchev–Trinajstić information content (AvgIpc) is 3.58. The highest BCUT2D eigenvalue weighted by Gasteiger charge is 2.49. The van der Waals surface area contributed by atoms with Crippen LogP contribution in [0.4, 0.5) is 11.5 Å². The Morgan fingerprint density at radius 2 is 1.87 bits per heavy atom. The van der Waals surface area contributed by atoms with Crippen LogP contribution in [0.15, 0.2) is 71.8 Å². The first-order chi connectivity index (χ1) is 18.4. The van der Waals surface area contributed by atoms with Gasteiger partial charge in [0.05, 0.1) is 28.4 Å². The number of rotatable bonds is 7. The Kier molecular flexibility index (Phi) is 6.07. The summed E-state index contributed by atoms with van der Waals surface area (Å²) >= 11 is 0. The molecule has 2 aromatic carbocycles. The van der Waals surface area contributed by atoms with E-state index in [1.807, 2.05) is 41.1 Å². The number of nitriles is 1. The molecule has 2 fully saturated rings. The third-order valence-corrected chi connectivity index (χ3v) is 9.00. The summed E-state index contributed by atoms with van der Waals surface area (Å²) < 4.78 is 32.0. The van der Waals surface area contributed by atoms with Gasteiger partial charge in [-0.15, -0.1) is 0 Å². The molecule has 1 N–H and O–H groups in total. The van der Waals surface area contributed by atoms with E-state index in [0.717, 1.165) is 35.7 Å². The molecule has 0 aliphatic heterocycles. The molecule has 2 aliphatic carbocycles. The fraction of sp³-hybridized carbons (Fsp3) is 0.345. The van der Waals surface area contributed by atoms with Crippen LogP contribution in [-0.4, -0.2) is 29.4 Å². The molecule has 0 radical (unpaired) electrons. The Balaban J connectivity index is 1.40. The topological polar surface area (TPSA) is 110 Å². The summed E-state index contributed by atoms with van der Waals surface area (Å²) in [6.45, 7) is 0.355. The zero-order valence-corrected chi connectivity index (χ0v) is 22.0. The molecule has 194 valence electrons. The van der Waals surface area contributed by atoms with Crippen molar-refractivity contribution in [1.29, 1.82) is 5.26 Å². The molecule has 2 atom stereocenters. The van der Waals surface area contributed by atoms with Crippen molar-refractivity contribution >= 4 is 32.2 Å². The first kappa shape index (κ1) is 24.4. The fourth-order valence-electron chi connectivity index (χ4n) is 5.57. The molecule has 6 rings (SSSR count). The molecular formula is C29H29N5O3S. The van der Waals surface area contributed by atoms with Crippen molar-refractivity contribution in [3.05, 3.63) is 72.4 Å². The number of hydrogen-bond donors (Lipinski definition) is 1. The van der Waals surface area contributed by atoms with Crippen LogP contribution in [0, 0.1) is 22.7 Å². The van der Waals surface area contributed by atoms with E-state index in [1.54, 1.807) is 30.5 Å². The van der Waals surface area contributed by atoms with Crippen molar-refractivity contribution in [3.63, 3.8) is 0 Å².